The summed E-state index contributed by atoms with van der Waals surface area (Å²) in [6.45, 7) is 2.50. The lowest BCUT2D eigenvalue weighted by molar-refractivity contribution is -0.146. The molecule has 5 nitrogen and oxygen atoms in total. The number of ether oxygens (including phenoxy) is 1. The monoisotopic (exact) mass is 352 g/mol. The number of halogens is 2. The van der Waals surface area contributed by atoms with Gasteiger partial charge in [-0.1, -0.05) is 11.6 Å². The minimum atomic E-state index is -1.03. The fourth-order valence-corrected chi connectivity index (χ4v) is 3.27. The van der Waals surface area contributed by atoms with Crippen molar-refractivity contribution < 1.29 is 18.7 Å². The third-order valence-electron chi connectivity index (χ3n) is 4.57. The van der Waals surface area contributed by atoms with Gasteiger partial charge < -0.3 is 15.4 Å². The van der Waals surface area contributed by atoms with Crippen molar-refractivity contribution in [2.24, 2.45) is 5.41 Å². The Kier molecular flexibility index (Phi) is 4.60. The predicted molar refractivity (Wildman–Crippen MR) is 86.7 cm³/mol. The van der Waals surface area contributed by atoms with Crippen molar-refractivity contribution in [2.45, 2.75) is 25.8 Å². The number of allylic oxidation sites excluding steroid dienone is 1. The summed E-state index contributed by atoms with van der Waals surface area (Å²) in [6.07, 6.45) is 2.13. The molecule has 1 spiro atoms. The zero-order chi connectivity index (χ0) is 17.3. The molecule has 7 heteroatoms. The van der Waals surface area contributed by atoms with E-state index in [1.165, 1.54) is 24.3 Å². The van der Waals surface area contributed by atoms with E-state index >= 15 is 0 Å². The van der Waals surface area contributed by atoms with Gasteiger partial charge in [0.2, 0.25) is 5.91 Å². The van der Waals surface area contributed by atoms with Gasteiger partial charge >= 0.3 is 0 Å². The van der Waals surface area contributed by atoms with E-state index in [0.29, 0.717) is 36.6 Å². The van der Waals surface area contributed by atoms with Crippen LogP contribution in [0.4, 0.5) is 4.39 Å². The number of hydrogen-bond acceptors (Lipinski definition) is 4. The molecule has 128 valence electrons. The van der Waals surface area contributed by atoms with Gasteiger partial charge in [-0.15, -0.1) is 0 Å². The first-order valence-electron chi connectivity index (χ1n) is 7.79. The summed E-state index contributed by atoms with van der Waals surface area (Å²) in [5.41, 5.74) is -0.676. The molecule has 1 fully saturated rings. The first kappa shape index (κ1) is 16.9. The van der Waals surface area contributed by atoms with E-state index in [1.54, 1.807) is 6.92 Å². The lowest BCUT2D eigenvalue weighted by Crippen LogP contribution is -2.54. The molecule has 0 bridgehead atoms. The van der Waals surface area contributed by atoms with E-state index in [2.05, 4.69) is 10.6 Å². The van der Waals surface area contributed by atoms with E-state index in [0.717, 1.165) is 0 Å². The molecule has 0 aromatic heterocycles. The first-order chi connectivity index (χ1) is 11.4. The maximum absolute atomic E-state index is 13.9. The second kappa shape index (κ2) is 6.53. The summed E-state index contributed by atoms with van der Waals surface area (Å²) in [6, 6.07) is 3.80. The molecule has 0 unspecified atom stereocenters. The van der Waals surface area contributed by atoms with Gasteiger partial charge in [0.1, 0.15) is 17.1 Å². The summed E-state index contributed by atoms with van der Waals surface area (Å²) in [7, 11) is 0. The molecule has 2 aliphatic heterocycles. The molecule has 0 radical (unpaired) electrons. The maximum Gasteiger partial charge on any atom is 0.239 e. The summed E-state index contributed by atoms with van der Waals surface area (Å²) in [4.78, 5) is 25.0. The van der Waals surface area contributed by atoms with Crippen LogP contribution in [-0.4, -0.2) is 24.9 Å². The molecule has 2 aliphatic rings. The Morgan fingerprint density at radius 2 is 2.04 bits per heavy atom. The molecule has 1 amide bonds. The van der Waals surface area contributed by atoms with E-state index in [9.17, 15) is 14.0 Å². The molecule has 3 rings (SSSR count). The number of amides is 1. The molecule has 24 heavy (non-hydrogen) atoms. The van der Waals surface area contributed by atoms with Gasteiger partial charge in [-0.3, -0.25) is 9.59 Å². The van der Waals surface area contributed by atoms with Crippen molar-refractivity contribution in [2.75, 3.05) is 13.2 Å². The van der Waals surface area contributed by atoms with Gasteiger partial charge in [0.05, 0.1) is 6.04 Å². The number of carbonyl (C=O) groups is 2. The normalized spacial score (nSPS) is 21.2. The van der Waals surface area contributed by atoms with Crippen LogP contribution in [0.2, 0.25) is 5.02 Å². The van der Waals surface area contributed by atoms with Crippen LogP contribution in [0.1, 0.15) is 31.4 Å². The highest BCUT2D eigenvalue weighted by molar-refractivity contribution is 6.30. The standard InChI is InChI=1S/C17H18ClFN2O3/c1-10(12-8-11(18)2-3-13(12)19)20-15-9-14(22)17(16(23)21-15)4-6-24-7-5-17/h2-3,8-10,20H,4-7H2,1H3,(H,21,23)/t10-/m0/s1. The number of rotatable bonds is 3. The number of benzene rings is 1. The lowest BCUT2D eigenvalue weighted by Gasteiger charge is -2.37. The molecule has 1 saturated heterocycles. The Labute approximate surface area is 144 Å². The first-order valence-corrected chi connectivity index (χ1v) is 8.17. The zero-order valence-corrected chi connectivity index (χ0v) is 14.0. The van der Waals surface area contributed by atoms with Crippen LogP contribution < -0.4 is 10.6 Å². The molecule has 2 N–H and O–H groups in total. The van der Waals surface area contributed by atoms with E-state index < -0.39 is 17.3 Å². The molecule has 1 atom stereocenters. The Hall–Kier alpha value is -1.92. The van der Waals surface area contributed by atoms with Crippen molar-refractivity contribution in [1.82, 2.24) is 10.6 Å². The highest BCUT2D eigenvalue weighted by atomic mass is 35.5. The second-order valence-corrected chi connectivity index (χ2v) is 6.54. The third kappa shape index (κ3) is 3.03. The summed E-state index contributed by atoms with van der Waals surface area (Å²) in [5, 5.41) is 6.10. The van der Waals surface area contributed by atoms with E-state index in [1.807, 2.05) is 0 Å². The summed E-state index contributed by atoms with van der Waals surface area (Å²) >= 11 is 5.90. The van der Waals surface area contributed by atoms with Crippen molar-refractivity contribution >= 4 is 23.3 Å². The van der Waals surface area contributed by atoms with Crippen molar-refractivity contribution in [1.29, 1.82) is 0 Å². The summed E-state index contributed by atoms with van der Waals surface area (Å²) < 4.78 is 19.2. The van der Waals surface area contributed by atoms with Gasteiger partial charge in [0, 0.05) is 29.9 Å². The second-order valence-electron chi connectivity index (χ2n) is 6.10. The predicted octanol–water partition coefficient (Wildman–Crippen LogP) is 2.47. The van der Waals surface area contributed by atoms with Crippen molar-refractivity contribution in [3.05, 3.63) is 46.5 Å². The molecule has 0 aliphatic carbocycles. The third-order valence-corrected chi connectivity index (χ3v) is 4.81. The number of nitrogens with one attached hydrogen (secondary N) is 2. The Bertz CT molecular complexity index is 714. The fourth-order valence-electron chi connectivity index (χ4n) is 3.09. The smallest absolute Gasteiger partial charge is 0.239 e. The number of ketones is 1. The highest BCUT2D eigenvalue weighted by Crippen LogP contribution is 2.35. The lowest BCUT2D eigenvalue weighted by atomic mass is 9.74. The molecule has 1 aromatic rings. The Morgan fingerprint density at radius 1 is 1.33 bits per heavy atom. The van der Waals surface area contributed by atoms with Crippen LogP contribution in [0, 0.1) is 11.2 Å². The topological polar surface area (TPSA) is 67.4 Å². The molecule has 1 aromatic carbocycles. The SMILES string of the molecule is C[C@H](NC1=CC(=O)C2(CCOCC2)C(=O)N1)c1cc(Cl)ccc1F. The maximum atomic E-state index is 13.9. The average Bonchev–Trinajstić information content (AvgIpc) is 2.56. The number of hydrogen-bond donors (Lipinski definition) is 2. The molecule has 0 saturated carbocycles. The average molecular weight is 353 g/mol. The van der Waals surface area contributed by atoms with Crippen LogP contribution in [0.25, 0.3) is 0 Å². The number of carbonyl (C=O) groups excluding carboxylic acids is 2. The van der Waals surface area contributed by atoms with Gasteiger partial charge in [0.15, 0.2) is 5.78 Å². The molecular weight excluding hydrogens is 335 g/mol. The Morgan fingerprint density at radius 3 is 2.71 bits per heavy atom. The van der Waals surface area contributed by atoms with Crippen molar-refractivity contribution in [3.8, 4) is 0 Å². The van der Waals surface area contributed by atoms with Crippen LogP contribution >= 0.6 is 11.6 Å². The molecule has 2 heterocycles. The molecular formula is C17H18ClFN2O3. The quantitative estimate of drug-likeness (QED) is 0.820. The van der Waals surface area contributed by atoms with Crippen LogP contribution in [0.15, 0.2) is 30.1 Å². The van der Waals surface area contributed by atoms with Crippen LogP contribution in [0.3, 0.4) is 0 Å². The summed E-state index contributed by atoms with van der Waals surface area (Å²) in [5.74, 6) is -0.710. The van der Waals surface area contributed by atoms with Crippen molar-refractivity contribution in [3.63, 3.8) is 0 Å². The fraction of sp³-hybridized carbons (Fsp3) is 0.412. The van der Waals surface area contributed by atoms with Crippen LogP contribution in [0.5, 0.6) is 0 Å². The minimum absolute atomic E-state index is 0.240. The largest absolute Gasteiger partial charge is 0.381 e. The Balaban J connectivity index is 1.79. The zero-order valence-electron chi connectivity index (χ0n) is 13.2. The van der Waals surface area contributed by atoms with E-state index in [-0.39, 0.29) is 17.5 Å². The minimum Gasteiger partial charge on any atom is -0.381 e. The van der Waals surface area contributed by atoms with Crippen LogP contribution in [-0.2, 0) is 14.3 Å². The van der Waals surface area contributed by atoms with Gasteiger partial charge in [-0.25, -0.2) is 4.39 Å². The highest BCUT2D eigenvalue weighted by Gasteiger charge is 2.48. The van der Waals surface area contributed by atoms with Gasteiger partial charge in [0.25, 0.3) is 0 Å². The van der Waals surface area contributed by atoms with Gasteiger partial charge in [-0.2, -0.15) is 0 Å². The van der Waals surface area contributed by atoms with Gasteiger partial charge in [-0.05, 0) is 38.0 Å². The van der Waals surface area contributed by atoms with E-state index in [4.69, 9.17) is 16.3 Å².